The summed E-state index contributed by atoms with van der Waals surface area (Å²) < 4.78 is 1.43. The molecule has 25 heavy (non-hydrogen) atoms. The van der Waals surface area contributed by atoms with Gasteiger partial charge in [0.1, 0.15) is 6.54 Å². The Bertz CT molecular complexity index is 729. The van der Waals surface area contributed by atoms with E-state index in [2.05, 4.69) is 10.1 Å². The fourth-order valence-electron chi connectivity index (χ4n) is 3.21. The molecule has 1 aliphatic rings. The van der Waals surface area contributed by atoms with Gasteiger partial charge in [0, 0.05) is 43.5 Å². The fourth-order valence-corrected chi connectivity index (χ4v) is 3.21. The highest BCUT2D eigenvalue weighted by Crippen LogP contribution is 2.26. The van der Waals surface area contributed by atoms with Gasteiger partial charge in [0.25, 0.3) is 0 Å². The number of hydrogen-bond donors (Lipinski definition) is 1. The third-order valence-electron chi connectivity index (χ3n) is 4.47. The highest BCUT2D eigenvalue weighted by Gasteiger charge is 2.26. The molecule has 2 aromatic heterocycles. The van der Waals surface area contributed by atoms with Gasteiger partial charge in [-0.1, -0.05) is 6.07 Å². The lowest BCUT2D eigenvalue weighted by atomic mass is 9.94. The summed E-state index contributed by atoms with van der Waals surface area (Å²) in [5.41, 5.74) is 1.79. The standard InChI is InChI=1S/C18H22N4O3/c23-17(7-6-15-5-1-2-9-19-15)21-10-3-4-14(12-21)16-8-11-22(20-16)13-18(24)25/h1-2,5,8-9,11,14H,3-4,6-7,10,12-13H2,(H,24,25)/t14-/m1/s1. The normalized spacial score (nSPS) is 17.4. The van der Waals surface area contributed by atoms with E-state index in [0.29, 0.717) is 19.4 Å². The summed E-state index contributed by atoms with van der Waals surface area (Å²) in [5.74, 6) is -0.604. The van der Waals surface area contributed by atoms with E-state index in [1.165, 1.54) is 4.68 Å². The van der Waals surface area contributed by atoms with E-state index in [0.717, 1.165) is 30.8 Å². The summed E-state index contributed by atoms with van der Waals surface area (Å²) in [5, 5.41) is 13.2. The van der Waals surface area contributed by atoms with Crippen LogP contribution in [0.1, 0.15) is 36.6 Å². The first-order valence-electron chi connectivity index (χ1n) is 8.54. The average molecular weight is 342 g/mol. The molecule has 0 spiro atoms. The lowest BCUT2D eigenvalue weighted by Gasteiger charge is -2.32. The summed E-state index contributed by atoms with van der Waals surface area (Å²) in [4.78, 5) is 29.4. The number of piperidine rings is 1. The maximum Gasteiger partial charge on any atom is 0.325 e. The summed E-state index contributed by atoms with van der Waals surface area (Å²) in [7, 11) is 0. The minimum Gasteiger partial charge on any atom is -0.480 e. The monoisotopic (exact) mass is 342 g/mol. The molecule has 132 valence electrons. The maximum absolute atomic E-state index is 12.5. The first-order valence-corrected chi connectivity index (χ1v) is 8.54. The number of carboxylic acids is 1. The van der Waals surface area contributed by atoms with Gasteiger partial charge in [-0.15, -0.1) is 0 Å². The maximum atomic E-state index is 12.5. The molecular formula is C18H22N4O3. The largest absolute Gasteiger partial charge is 0.480 e. The van der Waals surface area contributed by atoms with Crippen LogP contribution in [0.4, 0.5) is 0 Å². The van der Waals surface area contributed by atoms with Crippen LogP contribution in [0.2, 0.25) is 0 Å². The zero-order valence-corrected chi connectivity index (χ0v) is 14.0. The Morgan fingerprint density at radius 2 is 2.16 bits per heavy atom. The molecule has 0 aliphatic carbocycles. The van der Waals surface area contributed by atoms with Crippen LogP contribution in [0.3, 0.4) is 0 Å². The van der Waals surface area contributed by atoms with Crippen molar-refractivity contribution in [3.63, 3.8) is 0 Å². The topological polar surface area (TPSA) is 88.3 Å². The summed E-state index contributed by atoms with van der Waals surface area (Å²) >= 11 is 0. The third kappa shape index (κ3) is 4.65. The third-order valence-corrected chi connectivity index (χ3v) is 4.47. The van der Waals surface area contributed by atoms with Gasteiger partial charge in [-0.25, -0.2) is 0 Å². The molecule has 1 N–H and O–H groups in total. The number of carbonyl (C=O) groups excluding carboxylic acids is 1. The molecule has 0 saturated carbocycles. The Labute approximate surface area is 146 Å². The van der Waals surface area contributed by atoms with Gasteiger partial charge in [-0.05, 0) is 37.5 Å². The Kier molecular flexibility index (Phi) is 5.42. The van der Waals surface area contributed by atoms with Crippen LogP contribution < -0.4 is 0 Å². The lowest BCUT2D eigenvalue weighted by Crippen LogP contribution is -2.39. The summed E-state index contributed by atoms with van der Waals surface area (Å²) in [6.45, 7) is 1.28. The number of hydrogen-bond acceptors (Lipinski definition) is 4. The molecule has 1 fully saturated rings. The molecule has 0 unspecified atom stereocenters. The van der Waals surface area contributed by atoms with Crippen LogP contribution in [-0.4, -0.2) is 49.7 Å². The number of rotatable bonds is 6. The Hall–Kier alpha value is -2.70. The quantitative estimate of drug-likeness (QED) is 0.863. The Morgan fingerprint density at radius 3 is 2.92 bits per heavy atom. The van der Waals surface area contributed by atoms with Crippen LogP contribution in [0, 0.1) is 0 Å². The van der Waals surface area contributed by atoms with Crippen LogP contribution >= 0.6 is 0 Å². The minimum absolute atomic E-state index is 0.139. The van der Waals surface area contributed by atoms with Crippen molar-refractivity contribution in [2.24, 2.45) is 0 Å². The van der Waals surface area contributed by atoms with E-state index in [9.17, 15) is 9.59 Å². The second-order valence-electron chi connectivity index (χ2n) is 6.33. The molecular weight excluding hydrogens is 320 g/mol. The van der Waals surface area contributed by atoms with E-state index in [1.54, 1.807) is 12.4 Å². The molecule has 3 heterocycles. The van der Waals surface area contributed by atoms with Crippen LogP contribution in [0.15, 0.2) is 36.7 Å². The van der Waals surface area contributed by atoms with Gasteiger partial charge in [0.2, 0.25) is 5.91 Å². The molecule has 2 aromatic rings. The number of amides is 1. The SMILES string of the molecule is O=C(O)Cn1ccc([C@@H]2CCCN(C(=O)CCc3ccccn3)C2)n1. The number of pyridine rings is 1. The zero-order valence-electron chi connectivity index (χ0n) is 14.0. The van der Waals surface area contributed by atoms with Crippen molar-refractivity contribution < 1.29 is 14.7 Å². The summed E-state index contributed by atoms with van der Waals surface area (Å²) in [6.07, 6.45) is 6.43. The molecule has 7 heteroatoms. The first kappa shape index (κ1) is 17.1. The average Bonchev–Trinajstić information content (AvgIpc) is 3.08. The van der Waals surface area contributed by atoms with E-state index in [1.807, 2.05) is 29.2 Å². The molecule has 1 amide bonds. The highest BCUT2D eigenvalue weighted by molar-refractivity contribution is 5.76. The van der Waals surface area contributed by atoms with Crippen molar-refractivity contribution in [2.45, 2.75) is 38.1 Å². The number of likely N-dealkylation sites (tertiary alicyclic amines) is 1. The van der Waals surface area contributed by atoms with E-state index >= 15 is 0 Å². The molecule has 7 nitrogen and oxygen atoms in total. The minimum atomic E-state index is -0.912. The van der Waals surface area contributed by atoms with Gasteiger partial charge < -0.3 is 10.0 Å². The first-order chi connectivity index (χ1) is 12.1. The smallest absolute Gasteiger partial charge is 0.325 e. The van der Waals surface area contributed by atoms with Crippen LogP contribution in [0.5, 0.6) is 0 Å². The Morgan fingerprint density at radius 1 is 1.28 bits per heavy atom. The molecule has 0 bridgehead atoms. The van der Waals surface area contributed by atoms with Crippen LogP contribution in [-0.2, 0) is 22.6 Å². The van der Waals surface area contributed by atoms with Crippen molar-refractivity contribution in [1.29, 1.82) is 0 Å². The van der Waals surface area contributed by atoms with Crippen molar-refractivity contribution in [2.75, 3.05) is 13.1 Å². The number of carbonyl (C=O) groups is 2. The van der Waals surface area contributed by atoms with Crippen molar-refractivity contribution >= 4 is 11.9 Å². The molecule has 1 saturated heterocycles. The van der Waals surface area contributed by atoms with E-state index < -0.39 is 5.97 Å². The molecule has 0 radical (unpaired) electrons. The molecule has 3 rings (SSSR count). The van der Waals surface area contributed by atoms with Crippen LogP contribution in [0.25, 0.3) is 0 Å². The van der Waals surface area contributed by atoms with Crippen molar-refractivity contribution in [3.05, 3.63) is 48.0 Å². The molecule has 0 aromatic carbocycles. The number of aromatic nitrogens is 3. The number of carboxylic acid groups (broad SMARTS) is 1. The van der Waals surface area contributed by atoms with Gasteiger partial charge in [0.05, 0.1) is 5.69 Å². The predicted molar refractivity (Wildman–Crippen MR) is 91.0 cm³/mol. The molecule has 1 atom stereocenters. The van der Waals surface area contributed by atoms with E-state index in [-0.39, 0.29) is 18.4 Å². The number of aliphatic carboxylic acids is 1. The van der Waals surface area contributed by atoms with E-state index in [4.69, 9.17) is 5.11 Å². The second-order valence-corrected chi connectivity index (χ2v) is 6.33. The van der Waals surface area contributed by atoms with Crippen molar-refractivity contribution in [1.82, 2.24) is 19.7 Å². The Balaban J connectivity index is 1.56. The number of nitrogens with zero attached hydrogens (tertiary/aromatic N) is 4. The zero-order chi connectivity index (χ0) is 17.6. The number of aryl methyl sites for hydroxylation is 1. The highest BCUT2D eigenvalue weighted by atomic mass is 16.4. The van der Waals surface area contributed by atoms with Gasteiger partial charge in [-0.3, -0.25) is 19.3 Å². The van der Waals surface area contributed by atoms with Gasteiger partial charge in [-0.2, -0.15) is 5.10 Å². The predicted octanol–water partition coefficient (Wildman–Crippen LogP) is 1.70. The lowest BCUT2D eigenvalue weighted by molar-refractivity contribution is -0.138. The fraction of sp³-hybridized carbons (Fsp3) is 0.444. The summed E-state index contributed by atoms with van der Waals surface area (Å²) in [6, 6.07) is 7.58. The van der Waals surface area contributed by atoms with Gasteiger partial charge >= 0.3 is 5.97 Å². The molecule has 1 aliphatic heterocycles. The second kappa shape index (κ2) is 7.92. The van der Waals surface area contributed by atoms with Crippen molar-refractivity contribution in [3.8, 4) is 0 Å². The van der Waals surface area contributed by atoms with Gasteiger partial charge in [0.15, 0.2) is 0 Å².